The summed E-state index contributed by atoms with van der Waals surface area (Å²) in [4.78, 5) is 40.4. The second-order valence-electron chi connectivity index (χ2n) is 6.93. The fourth-order valence-corrected chi connectivity index (χ4v) is 3.61. The van der Waals surface area contributed by atoms with Gasteiger partial charge in [0.2, 0.25) is 0 Å². The molecule has 7 heteroatoms. The summed E-state index contributed by atoms with van der Waals surface area (Å²) in [6.07, 6.45) is 1.58. The van der Waals surface area contributed by atoms with Gasteiger partial charge < -0.3 is 9.64 Å². The predicted octanol–water partition coefficient (Wildman–Crippen LogP) is 2.88. The molecule has 0 aliphatic carbocycles. The molecule has 1 fully saturated rings. The Bertz CT molecular complexity index is 969. The van der Waals surface area contributed by atoms with E-state index in [1.807, 2.05) is 0 Å². The summed E-state index contributed by atoms with van der Waals surface area (Å²) in [6, 6.07) is 10.3. The van der Waals surface area contributed by atoms with Crippen LogP contribution in [0.1, 0.15) is 43.9 Å². The normalized spacial score (nSPS) is 18.5. The molecule has 1 atom stereocenters. The molecule has 3 amide bonds. The number of imide groups is 1. The number of anilines is 1. The molecular formula is C21H19FN2O4. The number of carbonyl (C=O) groups is 3. The molecule has 2 aromatic carbocycles. The maximum atomic E-state index is 14.0. The van der Waals surface area contributed by atoms with E-state index in [2.05, 4.69) is 0 Å². The molecule has 0 saturated carbocycles. The third kappa shape index (κ3) is 3.07. The summed E-state index contributed by atoms with van der Waals surface area (Å²) < 4.78 is 19.5. The van der Waals surface area contributed by atoms with E-state index in [4.69, 9.17) is 4.74 Å². The molecule has 1 unspecified atom stereocenters. The molecule has 6 nitrogen and oxygen atoms in total. The third-order valence-electron chi connectivity index (χ3n) is 5.15. The highest BCUT2D eigenvalue weighted by atomic mass is 19.1. The second kappa shape index (κ2) is 7.16. The van der Waals surface area contributed by atoms with Crippen LogP contribution in [0.25, 0.3) is 0 Å². The van der Waals surface area contributed by atoms with E-state index in [1.165, 1.54) is 47.2 Å². The van der Waals surface area contributed by atoms with Crippen LogP contribution in [0.3, 0.4) is 0 Å². The molecule has 0 spiro atoms. The number of ether oxygens (including phenoxy) is 1. The van der Waals surface area contributed by atoms with Gasteiger partial charge in [-0.3, -0.25) is 19.3 Å². The molecule has 0 bridgehead atoms. The molecule has 2 aliphatic rings. The Kier molecular flexibility index (Phi) is 4.68. The number of benzene rings is 2. The van der Waals surface area contributed by atoms with Crippen LogP contribution in [-0.2, 0) is 4.74 Å². The van der Waals surface area contributed by atoms with Crippen LogP contribution < -0.4 is 4.90 Å². The van der Waals surface area contributed by atoms with Crippen LogP contribution in [-0.4, -0.2) is 48.9 Å². The van der Waals surface area contributed by atoms with E-state index in [0.29, 0.717) is 6.61 Å². The van der Waals surface area contributed by atoms with Gasteiger partial charge in [-0.05, 0) is 43.2 Å². The zero-order valence-corrected chi connectivity index (χ0v) is 15.4. The lowest BCUT2D eigenvalue weighted by Crippen LogP contribution is -2.36. The maximum absolute atomic E-state index is 14.0. The van der Waals surface area contributed by atoms with Crippen LogP contribution in [0.2, 0.25) is 0 Å². The van der Waals surface area contributed by atoms with Crippen molar-refractivity contribution in [1.29, 1.82) is 0 Å². The Morgan fingerprint density at radius 3 is 2.64 bits per heavy atom. The molecule has 4 rings (SSSR count). The average Bonchev–Trinajstić information content (AvgIpc) is 3.30. The van der Waals surface area contributed by atoms with Crippen molar-refractivity contribution in [3.8, 4) is 0 Å². The molecule has 1 saturated heterocycles. The molecule has 2 heterocycles. The van der Waals surface area contributed by atoms with Crippen LogP contribution in [0.5, 0.6) is 0 Å². The highest BCUT2D eigenvalue weighted by Gasteiger charge is 2.38. The first-order valence-corrected chi connectivity index (χ1v) is 9.12. The summed E-state index contributed by atoms with van der Waals surface area (Å²) in [5.74, 6) is -1.80. The lowest BCUT2D eigenvalue weighted by molar-refractivity contribution is 0.0475. The van der Waals surface area contributed by atoms with Crippen molar-refractivity contribution in [1.82, 2.24) is 4.90 Å². The summed E-state index contributed by atoms with van der Waals surface area (Å²) >= 11 is 0. The Morgan fingerprint density at radius 2 is 1.93 bits per heavy atom. The quantitative estimate of drug-likeness (QED) is 0.763. The maximum Gasteiger partial charge on any atom is 0.261 e. The Labute approximate surface area is 161 Å². The van der Waals surface area contributed by atoms with Crippen molar-refractivity contribution in [2.24, 2.45) is 0 Å². The van der Waals surface area contributed by atoms with Crippen LogP contribution in [0, 0.1) is 5.82 Å². The second-order valence-corrected chi connectivity index (χ2v) is 6.93. The number of rotatable bonds is 4. The lowest BCUT2D eigenvalue weighted by atomic mass is 10.0. The summed E-state index contributed by atoms with van der Waals surface area (Å²) in [7, 11) is 1.46. The fourth-order valence-electron chi connectivity index (χ4n) is 3.61. The number of halogens is 1. The first-order chi connectivity index (χ1) is 13.5. The van der Waals surface area contributed by atoms with Crippen molar-refractivity contribution in [2.75, 3.05) is 25.1 Å². The van der Waals surface area contributed by atoms with Crippen molar-refractivity contribution < 1.29 is 23.5 Å². The molecule has 28 heavy (non-hydrogen) atoms. The minimum Gasteiger partial charge on any atom is -0.376 e. The zero-order chi connectivity index (χ0) is 19.8. The van der Waals surface area contributed by atoms with E-state index >= 15 is 0 Å². The van der Waals surface area contributed by atoms with E-state index in [9.17, 15) is 18.8 Å². The molecule has 0 N–H and O–H groups in total. The van der Waals surface area contributed by atoms with E-state index in [-0.39, 0.29) is 40.9 Å². The fraction of sp³-hybridized carbons (Fsp3) is 0.286. The van der Waals surface area contributed by atoms with Gasteiger partial charge in [-0.25, -0.2) is 4.39 Å². The summed E-state index contributed by atoms with van der Waals surface area (Å²) in [6.45, 7) is 0.847. The van der Waals surface area contributed by atoms with Gasteiger partial charge in [0, 0.05) is 19.2 Å². The van der Waals surface area contributed by atoms with Gasteiger partial charge >= 0.3 is 0 Å². The van der Waals surface area contributed by atoms with Gasteiger partial charge in [-0.15, -0.1) is 0 Å². The van der Waals surface area contributed by atoms with Crippen molar-refractivity contribution in [2.45, 2.75) is 18.9 Å². The first kappa shape index (κ1) is 18.3. The summed E-state index contributed by atoms with van der Waals surface area (Å²) in [5, 5.41) is 0. The van der Waals surface area contributed by atoms with Gasteiger partial charge in [-0.2, -0.15) is 0 Å². The Hall–Kier alpha value is -3.06. The topological polar surface area (TPSA) is 66.9 Å². The van der Waals surface area contributed by atoms with Gasteiger partial charge in [0.1, 0.15) is 5.82 Å². The first-order valence-electron chi connectivity index (χ1n) is 9.12. The number of fused-ring (bicyclic) bond motifs is 1. The minimum atomic E-state index is -0.520. The van der Waals surface area contributed by atoms with Crippen molar-refractivity contribution in [3.63, 3.8) is 0 Å². The van der Waals surface area contributed by atoms with Crippen LogP contribution >= 0.6 is 0 Å². The Balaban J connectivity index is 1.59. The molecule has 0 aromatic heterocycles. The number of carbonyl (C=O) groups excluding carboxylic acids is 3. The molecule has 144 valence electrons. The number of nitrogens with zero attached hydrogens (tertiary/aromatic N) is 2. The molecule has 2 aromatic rings. The van der Waals surface area contributed by atoms with Gasteiger partial charge in [-0.1, -0.05) is 12.1 Å². The minimum absolute atomic E-state index is 0.135. The number of hydrogen-bond acceptors (Lipinski definition) is 4. The van der Waals surface area contributed by atoms with Gasteiger partial charge in [0.15, 0.2) is 0 Å². The van der Waals surface area contributed by atoms with E-state index in [1.54, 1.807) is 12.1 Å². The average molecular weight is 382 g/mol. The molecule has 0 radical (unpaired) electrons. The highest BCUT2D eigenvalue weighted by molar-refractivity contribution is 6.22. The monoisotopic (exact) mass is 382 g/mol. The smallest absolute Gasteiger partial charge is 0.261 e. The Morgan fingerprint density at radius 1 is 1.18 bits per heavy atom. The molecular weight excluding hydrogens is 363 g/mol. The van der Waals surface area contributed by atoms with Gasteiger partial charge in [0.05, 0.1) is 29.5 Å². The van der Waals surface area contributed by atoms with Crippen LogP contribution in [0.4, 0.5) is 10.1 Å². The standard InChI is InChI=1S/C21H19FN2O4/c1-23(18-7-3-2-6-17(18)22)19(25)13-8-9-15-16(11-13)21(27)24(20(15)26)12-14-5-4-10-28-14/h2-3,6-9,11,14H,4-5,10,12H2,1H3. The lowest BCUT2D eigenvalue weighted by Gasteiger charge is -2.18. The van der Waals surface area contributed by atoms with Crippen molar-refractivity contribution >= 4 is 23.4 Å². The van der Waals surface area contributed by atoms with Crippen molar-refractivity contribution in [3.05, 3.63) is 65.0 Å². The largest absolute Gasteiger partial charge is 0.376 e. The highest BCUT2D eigenvalue weighted by Crippen LogP contribution is 2.27. The number of amides is 3. The van der Waals surface area contributed by atoms with Crippen LogP contribution in [0.15, 0.2) is 42.5 Å². The summed E-state index contributed by atoms with van der Waals surface area (Å²) in [5.41, 5.74) is 0.809. The molecule has 2 aliphatic heterocycles. The zero-order valence-electron chi connectivity index (χ0n) is 15.4. The van der Waals surface area contributed by atoms with E-state index in [0.717, 1.165) is 12.8 Å². The number of para-hydroxylation sites is 1. The SMILES string of the molecule is CN(C(=O)c1ccc2c(c1)C(=O)N(CC1CCCO1)C2=O)c1ccccc1F. The van der Waals surface area contributed by atoms with E-state index < -0.39 is 17.6 Å². The number of hydrogen-bond donors (Lipinski definition) is 0. The predicted molar refractivity (Wildman–Crippen MR) is 99.9 cm³/mol. The van der Waals surface area contributed by atoms with Gasteiger partial charge in [0.25, 0.3) is 17.7 Å². The third-order valence-corrected chi connectivity index (χ3v) is 5.15.